The maximum atomic E-state index is 12.4. The normalized spacial score (nSPS) is 18.1. The van der Waals surface area contributed by atoms with E-state index in [-0.39, 0.29) is 0 Å². The van der Waals surface area contributed by atoms with Gasteiger partial charge in [0.05, 0.1) is 5.69 Å². The molecule has 1 aliphatic heterocycles. The molecular formula is C12H17Br2N3O2S. The van der Waals surface area contributed by atoms with E-state index in [0.717, 1.165) is 12.8 Å². The molecule has 0 radical (unpaired) electrons. The maximum Gasteiger partial charge on any atom is 0.301 e. The van der Waals surface area contributed by atoms with Gasteiger partial charge in [0.15, 0.2) is 0 Å². The van der Waals surface area contributed by atoms with Crippen LogP contribution in [0, 0.1) is 5.92 Å². The average Bonchev–Trinajstić information content (AvgIpc) is 2.34. The van der Waals surface area contributed by atoms with Gasteiger partial charge in [-0.05, 0) is 62.8 Å². The summed E-state index contributed by atoms with van der Waals surface area (Å²) in [7, 11) is -3.54. The molecule has 3 N–H and O–H groups in total. The van der Waals surface area contributed by atoms with E-state index in [4.69, 9.17) is 5.73 Å². The first-order valence-corrected chi connectivity index (χ1v) is 9.34. The Hall–Kier alpha value is -0.310. The number of nitrogens with one attached hydrogen (secondary N) is 1. The predicted octanol–water partition coefficient (Wildman–Crippen LogP) is 3.18. The van der Waals surface area contributed by atoms with E-state index in [1.54, 1.807) is 12.1 Å². The summed E-state index contributed by atoms with van der Waals surface area (Å²) < 4.78 is 30.1. The maximum absolute atomic E-state index is 12.4. The molecule has 0 aliphatic carbocycles. The van der Waals surface area contributed by atoms with Crippen LogP contribution < -0.4 is 10.5 Å². The lowest BCUT2D eigenvalue weighted by Crippen LogP contribution is -2.41. The highest BCUT2D eigenvalue weighted by atomic mass is 79.9. The highest BCUT2D eigenvalue weighted by Gasteiger charge is 2.27. The Bertz CT molecular complexity index is 576. The minimum Gasteiger partial charge on any atom is -0.399 e. The van der Waals surface area contributed by atoms with Crippen LogP contribution in [0.2, 0.25) is 0 Å². The third-order valence-corrected chi connectivity index (χ3v) is 6.14. The van der Waals surface area contributed by atoms with Crippen molar-refractivity contribution < 1.29 is 8.42 Å². The van der Waals surface area contributed by atoms with Gasteiger partial charge in [0.1, 0.15) is 0 Å². The molecule has 1 heterocycles. The average molecular weight is 427 g/mol. The predicted molar refractivity (Wildman–Crippen MR) is 88.8 cm³/mol. The molecule has 0 atom stereocenters. The van der Waals surface area contributed by atoms with Gasteiger partial charge in [-0.1, -0.05) is 6.92 Å². The monoisotopic (exact) mass is 425 g/mol. The van der Waals surface area contributed by atoms with Crippen molar-refractivity contribution in [3.05, 3.63) is 21.1 Å². The van der Waals surface area contributed by atoms with Crippen molar-refractivity contribution in [2.45, 2.75) is 19.8 Å². The topological polar surface area (TPSA) is 75.4 Å². The Morgan fingerprint density at radius 3 is 2.25 bits per heavy atom. The van der Waals surface area contributed by atoms with E-state index in [1.165, 1.54) is 4.31 Å². The molecule has 1 aliphatic rings. The molecule has 1 fully saturated rings. The summed E-state index contributed by atoms with van der Waals surface area (Å²) in [5, 5.41) is 0. The van der Waals surface area contributed by atoms with Gasteiger partial charge in [0.25, 0.3) is 0 Å². The fraction of sp³-hybridized carbons (Fsp3) is 0.500. The van der Waals surface area contributed by atoms with E-state index < -0.39 is 10.2 Å². The zero-order valence-corrected chi connectivity index (χ0v) is 15.1. The van der Waals surface area contributed by atoms with E-state index >= 15 is 0 Å². The van der Waals surface area contributed by atoms with Crippen molar-refractivity contribution >= 4 is 53.4 Å². The van der Waals surface area contributed by atoms with Gasteiger partial charge < -0.3 is 5.73 Å². The van der Waals surface area contributed by atoms with Crippen LogP contribution in [0.1, 0.15) is 19.8 Å². The zero-order chi connectivity index (χ0) is 14.9. The van der Waals surface area contributed by atoms with Crippen molar-refractivity contribution in [1.82, 2.24) is 4.31 Å². The van der Waals surface area contributed by atoms with Crippen LogP contribution in [0.5, 0.6) is 0 Å². The third kappa shape index (κ3) is 3.66. The number of halogens is 2. The fourth-order valence-corrected chi connectivity index (χ4v) is 5.09. The second-order valence-corrected chi connectivity index (χ2v) is 8.43. The quantitative estimate of drug-likeness (QED) is 0.728. The van der Waals surface area contributed by atoms with Crippen LogP contribution in [0.3, 0.4) is 0 Å². The molecule has 2 rings (SSSR count). The summed E-state index contributed by atoms with van der Waals surface area (Å²) in [5.41, 5.74) is 6.73. The Balaban J connectivity index is 2.21. The minimum absolute atomic E-state index is 0.470. The van der Waals surface area contributed by atoms with Gasteiger partial charge in [-0.15, -0.1) is 0 Å². The lowest BCUT2D eigenvalue weighted by Gasteiger charge is -2.29. The smallest absolute Gasteiger partial charge is 0.301 e. The lowest BCUT2D eigenvalue weighted by atomic mass is 10.0. The van der Waals surface area contributed by atoms with E-state index in [9.17, 15) is 8.42 Å². The highest BCUT2D eigenvalue weighted by molar-refractivity contribution is 9.11. The molecule has 8 heteroatoms. The Labute approximate surface area is 136 Å². The zero-order valence-electron chi connectivity index (χ0n) is 11.1. The van der Waals surface area contributed by atoms with Gasteiger partial charge in [0, 0.05) is 27.7 Å². The summed E-state index contributed by atoms with van der Waals surface area (Å²) in [6.07, 6.45) is 1.79. The van der Waals surface area contributed by atoms with E-state index in [2.05, 4.69) is 43.5 Å². The number of anilines is 2. The number of nitrogen functional groups attached to an aromatic ring is 1. The molecule has 0 spiro atoms. The van der Waals surface area contributed by atoms with Crippen LogP contribution >= 0.6 is 31.9 Å². The fourth-order valence-electron chi connectivity index (χ4n) is 2.11. The second-order valence-electron chi connectivity index (χ2n) is 5.05. The first kappa shape index (κ1) is 16.1. The molecule has 0 saturated carbocycles. The number of nitrogens with zero attached hydrogens (tertiary/aromatic N) is 1. The molecule has 1 aromatic rings. The van der Waals surface area contributed by atoms with Crippen molar-refractivity contribution in [2.24, 2.45) is 5.92 Å². The standard InChI is InChI=1S/C12H17Br2N3O2S/c1-8-2-4-17(5-3-8)20(18,19)16-12-10(13)6-9(15)7-11(12)14/h6-8,16H,2-5,15H2,1H3. The van der Waals surface area contributed by atoms with Crippen molar-refractivity contribution in [2.75, 3.05) is 23.5 Å². The molecule has 1 aromatic carbocycles. The van der Waals surface area contributed by atoms with Gasteiger partial charge in [0.2, 0.25) is 0 Å². The molecule has 0 bridgehead atoms. The number of benzene rings is 1. The van der Waals surface area contributed by atoms with Gasteiger partial charge in [-0.25, -0.2) is 0 Å². The molecule has 0 amide bonds. The molecule has 0 unspecified atom stereocenters. The SMILES string of the molecule is CC1CCN(S(=O)(=O)Nc2c(Br)cc(N)cc2Br)CC1. The molecule has 1 saturated heterocycles. The molecule has 20 heavy (non-hydrogen) atoms. The number of nitrogens with two attached hydrogens (primary N) is 1. The molecule has 112 valence electrons. The molecule has 0 aromatic heterocycles. The first-order chi connectivity index (χ1) is 9.29. The number of piperidine rings is 1. The summed E-state index contributed by atoms with van der Waals surface area (Å²) in [5.74, 6) is 0.580. The number of hydrogen-bond acceptors (Lipinski definition) is 3. The summed E-state index contributed by atoms with van der Waals surface area (Å²) in [6.45, 7) is 3.26. The number of rotatable bonds is 3. The van der Waals surface area contributed by atoms with Crippen LogP contribution in [0.4, 0.5) is 11.4 Å². The number of hydrogen-bond donors (Lipinski definition) is 2. The third-order valence-electron chi connectivity index (χ3n) is 3.38. The Kier molecular flexibility index (Phi) is 4.99. The van der Waals surface area contributed by atoms with Gasteiger partial charge in [-0.2, -0.15) is 12.7 Å². The Morgan fingerprint density at radius 2 is 1.75 bits per heavy atom. The second kappa shape index (κ2) is 6.21. The van der Waals surface area contributed by atoms with Crippen molar-refractivity contribution in [1.29, 1.82) is 0 Å². The summed E-state index contributed by atoms with van der Waals surface area (Å²) >= 11 is 6.66. The van der Waals surface area contributed by atoms with Gasteiger partial charge >= 0.3 is 10.2 Å². The van der Waals surface area contributed by atoms with Crippen LogP contribution in [-0.4, -0.2) is 25.8 Å². The van der Waals surface area contributed by atoms with E-state index in [0.29, 0.717) is 39.3 Å². The molecule has 5 nitrogen and oxygen atoms in total. The van der Waals surface area contributed by atoms with Crippen molar-refractivity contribution in [3.63, 3.8) is 0 Å². The highest BCUT2D eigenvalue weighted by Crippen LogP contribution is 2.34. The van der Waals surface area contributed by atoms with Crippen LogP contribution in [0.15, 0.2) is 21.1 Å². The van der Waals surface area contributed by atoms with Crippen LogP contribution in [-0.2, 0) is 10.2 Å². The van der Waals surface area contributed by atoms with E-state index in [1.807, 2.05) is 0 Å². The summed E-state index contributed by atoms with van der Waals surface area (Å²) in [4.78, 5) is 0. The largest absolute Gasteiger partial charge is 0.399 e. The Morgan fingerprint density at radius 1 is 1.25 bits per heavy atom. The lowest BCUT2D eigenvalue weighted by molar-refractivity contribution is 0.289. The minimum atomic E-state index is -3.54. The van der Waals surface area contributed by atoms with Crippen LogP contribution in [0.25, 0.3) is 0 Å². The van der Waals surface area contributed by atoms with Gasteiger partial charge in [-0.3, -0.25) is 4.72 Å². The summed E-state index contributed by atoms with van der Waals surface area (Å²) in [6, 6.07) is 3.34. The first-order valence-electron chi connectivity index (χ1n) is 6.32. The van der Waals surface area contributed by atoms with Crippen molar-refractivity contribution in [3.8, 4) is 0 Å². The molecular weight excluding hydrogens is 410 g/mol.